The normalized spacial score (nSPS) is 16.1. The minimum absolute atomic E-state index is 0.00659. The van der Waals surface area contributed by atoms with Crippen LogP contribution < -0.4 is 10.6 Å². The summed E-state index contributed by atoms with van der Waals surface area (Å²) in [7, 11) is 0. The molecule has 1 aromatic rings. The number of hydrogen-bond acceptors (Lipinski definition) is 2. The van der Waals surface area contributed by atoms with Crippen molar-refractivity contribution in [2.45, 2.75) is 39.2 Å². The van der Waals surface area contributed by atoms with Gasteiger partial charge in [-0.15, -0.1) is 0 Å². The van der Waals surface area contributed by atoms with Crippen molar-refractivity contribution in [1.29, 1.82) is 0 Å². The van der Waals surface area contributed by atoms with Gasteiger partial charge in [-0.25, -0.2) is 4.39 Å². The minimum Gasteiger partial charge on any atom is -0.326 e. The molecule has 0 spiro atoms. The number of fused-ring (bicyclic) bond motifs is 1. The van der Waals surface area contributed by atoms with E-state index in [-0.39, 0.29) is 17.8 Å². The molecule has 1 heterocycles. The van der Waals surface area contributed by atoms with Crippen LogP contribution in [0.15, 0.2) is 12.1 Å². The fourth-order valence-electron chi connectivity index (χ4n) is 2.22. The summed E-state index contributed by atoms with van der Waals surface area (Å²) in [6.07, 6.45) is 2.19. The number of hydrogen-bond donors (Lipinski definition) is 2. The first-order valence-corrected chi connectivity index (χ1v) is 6.47. The van der Waals surface area contributed by atoms with Crippen LogP contribution in [0.25, 0.3) is 0 Å². The Morgan fingerprint density at radius 3 is 2.94 bits per heavy atom. The molecule has 1 atom stereocenters. The number of benzene rings is 1. The SMILES string of the molecule is CCCNC(C)c1cc2c(cc1F)NC(=O)CC2. The molecular formula is C14H19FN2O. The van der Waals surface area contributed by atoms with Crippen LogP contribution >= 0.6 is 0 Å². The Kier molecular flexibility index (Phi) is 3.97. The number of nitrogens with one attached hydrogen (secondary N) is 2. The average Bonchev–Trinajstić information content (AvgIpc) is 2.35. The highest BCUT2D eigenvalue weighted by Crippen LogP contribution is 2.28. The van der Waals surface area contributed by atoms with Gasteiger partial charge in [-0.3, -0.25) is 4.79 Å². The molecule has 0 saturated heterocycles. The third-order valence-electron chi connectivity index (χ3n) is 3.29. The first kappa shape index (κ1) is 13.0. The van der Waals surface area contributed by atoms with E-state index >= 15 is 0 Å². The molecule has 2 N–H and O–H groups in total. The summed E-state index contributed by atoms with van der Waals surface area (Å²) >= 11 is 0. The van der Waals surface area contributed by atoms with E-state index in [2.05, 4.69) is 17.6 Å². The second-order valence-corrected chi connectivity index (χ2v) is 4.75. The second kappa shape index (κ2) is 5.48. The van der Waals surface area contributed by atoms with Gasteiger partial charge in [0.15, 0.2) is 0 Å². The van der Waals surface area contributed by atoms with Gasteiger partial charge in [-0.2, -0.15) is 0 Å². The molecule has 1 aliphatic heterocycles. The average molecular weight is 250 g/mol. The molecule has 98 valence electrons. The number of anilines is 1. The topological polar surface area (TPSA) is 41.1 Å². The molecule has 1 aliphatic rings. The molecule has 0 bridgehead atoms. The van der Waals surface area contributed by atoms with Crippen LogP contribution in [-0.4, -0.2) is 12.5 Å². The van der Waals surface area contributed by atoms with E-state index in [1.54, 1.807) is 0 Å². The first-order chi connectivity index (χ1) is 8.61. The molecule has 2 rings (SSSR count). The summed E-state index contributed by atoms with van der Waals surface area (Å²) in [5.74, 6) is -0.293. The van der Waals surface area contributed by atoms with E-state index in [1.807, 2.05) is 13.0 Å². The van der Waals surface area contributed by atoms with Gasteiger partial charge >= 0.3 is 0 Å². The van der Waals surface area contributed by atoms with Crippen molar-refractivity contribution in [3.63, 3.8) is 0 Å². The number of halogens is 1. The van der Waals surface area contributed by atoms with E-state index < -0.39 is 0 Å². The smallest absolute Gasteiger partial charge is 0.224 e. The van der Waals surface area contributed by atoms with Gasteiger partial charge in [0.2, 0.25) is 5.91 Å². The van der Waals surface area contributed by atoms with Crippen LogP contribution in [-0.2, 0) is 11.2 Å². The largest absolute Gasteiger partial charge is 0.326 e. The van der Waals surface area contributed by atoms with Crippen LogP contribution in [0.5, 0.6) is 0 Å². The lowest BCUT2D eigenvalue weighted by molar-refractivity contribution is -0.116. The maximum atomic E-state index is 14.0. The van der Waals surface area contributed by atoms with Gasteiger partial charge in [-0.1, -0.05) is 6.92 Å². The standard InChI is InChI=1S/C14H19FN2O/c1-3-6-16-9(2)11-7-10-4-5-14(18)17-13(10)8-12(11)15/h7-9,16H,3-6H2,1-2H3,(H,17,18). The Morgan fingerprint density at radius 1 is 1.44 bits per heavy atom. The van der Waals surface area contributed by atoms with Crippen LogP contribution in [0.2, 0.25) is 0 Å². The van der Waals surface area contributed by atoms with Crippen molar-refractivity contribution in [3.05, 3.63) is 29.1 Å². The molecule has 1 unspecified atom stereocenters. The molecule has 18 heavy (non-hydrogen) atoms. The van der Waals surface area contributed by atoms with Crippen molar-refractivity contribution in [2.75, 3.05) is 11.9 Å². The summed E-state index contributed by atoms with van der Waals surface area (Å²) in [6.45, 7) is 4.91. The van der Waals surface area contributed by atoms with Gasteiger partial charge in [0, 0.05) is 23.7 Å². The zero-order valence-electron chi connectivity index (χ0n) is 10.8. The molecule has 0 aliphatic carbocycles. The second-order valence-electron chi connectivity index (χ2n) is 4.75. The molecule has 1 aromatic carbocycles. The molecule has 0 saturated carbocycles. The zero-order chi connectivity index (χ0) is 13.1. The lowest BCUT2D eigenvalue weighted by Gasteiger charge is -2.21. The molecular weight excluding hydrogens is 231 g/mol. The zero-order valence-corrected chi connectivity index (χ0v) is 10.8. The molecule has 0 aromatic heterocycles. The van der Waals surface area contributed by atoms with Gasteiger partial charge in [0.25, 0.3) is 0 Å². The van der Waals surface area contributed by atoms with E-state index in [9.17, 15) is 9.18 Å². The van der Waals surface area contributed by atoms with E-state index in [1.165, 1.54) is 6.07 Å². The van der Waals surface area contributed by atoms with Gasteiger partial charge in [0.1, 0.15) is 5.82 Å². The van der Waals surface area contributed by atoms with E-state index in [4.69, 9.17) is 0 Å². The third kappa shape index (κ3) is 2.70. The third-order valence-corrected chi connectivity index (χ3v) is 3.29. The molecule has 1 amide bonds. The summed E-state index contributed by atoms with van der Waals surface area (Å²) in [5.41, 5.74) is 2.32. The highest BCUT2D eigenvalue weighted by atomic mass is 19.1. The number of aryl methyl sites for hydroxylation is 1. The van der Waals surface area contributed by atoms with Crippen molar-refractivity contribution < 1.29 is 9.18 Å². The molecule has 3 nitrogen and oxygen atoms in total. The predicted octanol–water partition coefficient (Wildman–Crippen LogP) is 2.77. The fourth-order valence-corrected chi connectivity index (χ4v) is 2.22. The highest BCUT2D eigenvalue weighted by molar-refractivity contribution is 5.93. The first-order valence-electron chi connectivity index (χ1n) is 6.47. The molecule has 0 fully saturated rings. The van der Waals surface area contributed by atoms with E-state index in [0.717, 1.165) is 18.5 Å². The lowest BCUT2D eigenvalue weighted by atomic mass is 9.97. The minimum atomic E-state index is -0.257. The van der Waals surface area contributed by atoms with Gasteiger partial charge < -0.3 is 10.6 Å². The number of carbonyl (C=O) groups is 1. The maximum Gasteiger partial charge on any atom is 0.224 e. The summed E-state index contributed by atoms with van der Waals surface area (Å²) in [4.78, 5) is 11.3. The van der Waals surface area contributed by atoms with Gasteiger partial charge in [-0.05, 0) is 44.0 Å². The predicted molar refractivity (Wildman–Crippen MR) is 70.1 cm³/mol. The van der Waals surface area contributed by atoms with Gasteiger partial charge in [0.05, 0.1) is 0 Å². The quantitative estimate of drug-likeness (QED) is 0.862. The highest BCUT2D eigenvalue weighted by Gasteiger charge is 2.19. The summed E-state index contributed by atoms with van der Waals surface area (Å²) in [6, 6.07) is 3.30. The molecule has 0 radical (unpaired) electrons. The van der Waals surface area contributed by atoms with Crippen LogP contribution in [0, 0.1) is 5.82 Å². The van der Waals surface area contributed by atoms with Crippen molar-refractivity contribution >= 4 is 11.6 Å². The Hall–Kier alpha value is -1.42. The van der Waals surface area contributed by atoms with Crippen LogP contribution in [0.3, 0.4) is 0 Å². The summed E-state index contributed by atoms with van der Waals surface area (Å²) < 4.78 is 14.0. The van der Waals surface area contributed by atoms with Crippen molar-refractivity contribution in [2.24, 2.45) is 0 Å². The summed E-state index contributed by atoms with van der Waals surface area (Å²) in [5, 5.41) is 5.99. The van der Waals surface area contributed by atoms with Crippen molar-refractivity contribution in [1.82, 2.24) is 5.32 Å². The Labute approximate surface area is 107 Å². The van der Waals surface area contributed by atoms with Crippen molar-refractivity contribution in [3.8, 4) is 0 Å². The Morgan fingerprint density at radius 2 is 2.22 bits per heavy atom. The fraction of sp³-hybridized carbons (Fsp3) is 0.500. The number of rotatable bonds is 4. The van der Waals surface area contributed by atoms with Crippen LogP contribution in [0.4, 0.5) is 10.1 Å². The number of amides is 1. The number of carbonyl (C=O) groups excluding carboxylic acids is 1. The van der Waals surface area contributed by atoms with E-state index in [0.29, 0.717) is 24.1 Å². The van der Waals surface area contributed by atoms with Crippen LogP contribution in [0.1, 0.15) is 43.9 Å². The Bertz CT molecular complexity index is 459. The molecule has 4 heteroatoms. The lowest BCUT2D eigenvalue weighted by Crippen LogP contribution is -2.23. The maximum absolute atomic E-state index is 14.0. The Balaban J connectivity index is 2.24. The monoisotopic (exact) mass is 250 g/mol.